The molecular weight excluding hydrogens is 352 g/mol. The molecule has 1 N–H and O–H groups in total. The molecule has 134 valence electrons. The van der Waals surface area contributed by atoms with Crippen molar-refractivity contribution < 1.29 is 13.9 Å². The molecule has 3 aromatic rings. The zero-order valence-corrected chi connectivity index (χ0v) is 15.0. The lowest BCUT2D eigenvalue weighted by atomic mass is 10.3. The zero-order valence-electron chi connectivity index (χ0n) is 14.2. The highest BCUT2D eigenvalue weighted by molar-refractivity contribution is 7.99. The normalized spacial score (nSPS) is 10.5. The fourth-order valence-corrected chi connectivity index (χ4v) is 3.09. The van der Waals surface area contributed by atoms with Crippen molar-refractivity contribution in [2.45, 2.75) is 11.7 Å². The van der Waals surface area contributed by atoms with Crippen LogP contribution in [0.3, 0.4) is 0 Å². The predicted octanol–water partition coefficient (Wildman–Crippen LogP) is 3.46. The number of carbonyl (C=O) groups excluding carboxylic acids is 1. The van der Waals surface area contributed by atoms with E-state index in [-0.39, 0.29) is 11.7 Å². The number of allylic oxidation sites excluding steroid dienone is 1. The Morgan fingerprint density at radius 3 is 2.92 bits per heavy atom. The number of benzene rings is 1. The van der Waals surface area contributed by atoms with Crippen molar-refractivity contribution in [2.24, 2.45) is 0 Å². The molecule has 1 amide bonds. The van der Waals surface area contributed by atoms with Gasteiger partial charge in [-0.2, -0.15) is 0 Å². The SMILES string of the molecule is C=CCn1c(SCC(=O)Nc2ccccc2OC)nnc1-c1ccco1. The van der Waals surface area contributed by atoms with Crippen LogP contribution in [0.15, 0.2) is 64.9 Å². The molecule has 0 radical (unpaired) electrons. The van der Waals surface area contributed by atoms with Gasteiger partial charge >= 0.3 is 0 Å². The third-order valence-corrected chi connectivity index (χ3v) is 4.45. The Morgan fingerprint density at radius 2 is 2.19 bits per heavy atom. The van der Waals surface area contributed by atoms with Gasteiger partial charge in [0.05, 0.1) is 24.8 Å². The fraction of sp³-hybridized carbons (Fsp3) is 0.167. The highest BCUT2D eigenvalue weighted by Crippen LogP contribution is 2.26. The number of nitrogens with one attached hydrogen (secondary N) is 1. The molecule has 8 heteroatoms. The van der Waals surface area contributed by atoms with Gasteiger partial charge in [-0.05, 0) is 24.3 Å². The Balaban J connectivity index is 1.69. The van der Waals surface area contributed by atoms with E-state index < -0.39 is 0 Å². The van der Waals surface area contributed by atoms with E-state index in [0.717, 1.165) is 0 Å². The van der Waals surface area contributed by atoms with Crippen molar-refractivity contribution in [3.05, 3.63) is 55.3 Å². The van der Waals surface area contributed by atoms with Crippen LogP contribution in [-0.4, -0.2) is 33.5 Å². The van der Waals surface area contributed by atoms with Crippen molar-refractivity contribution in [1.29, 1.82) is 0 Å². The number of aromatic nitrogens is 3. The predicted molar refractivity (Wildman–Crippen MR) is 100 cm³/mol. The molecule has 0 spiro atoms. The summed E-state index contributed by atoms with van der Waals surface area (Å²) in [5, 5.41) is 11.8. The van der Waals surface area contributed by atoms with Gasteiger partial charge in [0, 0.05) is 6.54 Å². The number of carbonyl (C=O) groups is 1. The van der Waals surface area contributed by atoms with Gasteiger partial charge in [-0.1, -0.05) is 30.0 Å². The van der Waals surface area contributed by atoms with Crippen LogP contribution >= 0.6 is 11.8 Å². The number of nitrogens with zero attached hydrogens (tertiary/aromatic N) is 3. The molecule has 0 aliphatic rings. The Hall–Kier alpha value is -3.00. The standard InChI is InChI=1S/C18H18N4O3S/c1-3-10-22-17(15-9-6-11-25-15)20-21-18(22)26-12-16(23)19-13-7-4-5-8-14(13)24-2/h3-9,11H,1,10,12H2,2H3,(H,19,23). The second-order valence-corrected chi connectivity index (χ2v) is 6.16. The van der Waals surface area contributed by atoms with Crippen molar-refractivity contribution in [2.75, 3.05) is 18.2 Å². The van der Waals surface area contributed by atoms with Crippen LogP contribution in [0.5, 0.6) is 5.75 Å². The van der Waals surface area contributed by atoms with E-state index in [4.69, 9.17) is 9.15 Å². The largest absolute Gasteiger partial charge is 0.495 e. The van der Waals surface area contributed by atoms with Gasteiger partial charge in [0.25, 0.3) is 0 Å². The average molecular weight is 370 g/mol. The first kappa shape index (κ1) is 17.8. The number of hydrogen-bond donors (Lipinski definition) is 1. The number of anilines is 1. The van der Waals surface area contributed by atoms with Gasteiger partial charge in [-0.3, -0.25) is 9.36 Å². The minimum atomic E-state index is -0.160. The molecule has 0 aliphatic carbocycles. The van der Waals surface area contributed by atoms with E-state index in [1.54, 1.807) is 37.6 Å². The van der Waals surface area contributed by atoms with Crippen LogP contribution in [0.1, 0.15) is 0 Å². The van der Waals surface area contributed by atoms with Gasteiger partial charge in [0.15, 0.2) is 10.9 Å². The van der Waals surface area contributed by atoms with Crippen molar-refractivity contribution >= 4 is 23.4 Å². The number of furan rings is 1. The monoisotopic (exact) mass is 370 g/mol. The van der Waals surface area contributed by atoms with Crippen molar-refractivity contribution in [3.8, 4) is 17.3 Å². The summed E-state index contributed by atoms with van der Waals surface area (Å²) in [6.45, 7) is 4.27. The lowest BCUT2D eigenvalue weighted by molar-refractivity contribution is -0.113. The van der Waals surface area contributed by atoms with E-state index in [2.05, 4.69) is 22.1 Å². The van der Waals surface area contributed by atoms with E-state index in [0.29, 0.717) is 34.7 Å². The van der Waals surface area contributed by atoms with Crippen LogP contribution in [-0.2, 0) is 11.3 Å². The van der Waals surface area contributed by atoms with Crippen LogP contribution in [0.2, 0.25) is 0 Å². The minimum Gasteiger partial charge on any atom is -0.495 e. The number of thioether (sulfide) groups is 1. The summed E-state index contributed by atoms with van der Waals surface area (Å²) >= 11 is 1.29. The summed E-state index contributed by atoms with van der Waals surface area (Å²) in [6, 6.07) is 10.9. The Kier molecular flexibility index (Phi) is 5.75. The summed E-state index contributed by atoms with van der Waals surface area (Å²) in [5.74, 6) is 1.85. The van der Waals surface area contributed by atoms with Gasteiger partial charge in [0.1, 0.15) is 5.75 Å². The van der Waals surface area contributed by atoms with Crippen LogP contribution in [0.25, 0.3) is 11.6 Å². The summed E-state index contributed by atoms with van der Waals surface area (Å²) in [6.07, 6.45) is 3.32. The Bertz CT molecular complexity index is 890. The number of rotatable bonds is 8. The maximum absolute atomic E-state index is 12.3. The van der Waals surface area contributed by atoms with Crippen molar-refractivity contribution in [1.82, 2.24) is 14.8 Å². The summed E-state index contributed by atoms with van der Waals surface area (Å²) in [7, 11) is 1.56. The number of ether oxygens (including phenoxy) is 1. The highest BCUT2D eigenvalue weighted by Gasteiger charge is 2.17. The summed E-state index contributed by atoms with van der Waals surface area (Å²) in [4.78, 5) is 12.3. The van der Waals surface area contributed by atoms with Crippen LogP contribution in [0, 0.1) is 0 Å². The topological polar surface area (TPSA) is 82.2 Å². The van der Waals surface area contributed by atoms with Gasteiger partial charge in [-0.15, -0.1) is 16.8 Å². The third kappa shape index (κ3) is 3.97. The minimum absolute atomic E-state index is 0.160. The molecule has 0 fully saturated rings. The lowest BCUT2D eigenvalue weighted by Crippen LogP contribution is -2.15. The number of amides is 1. The van der Waals surface area contributed by atoms with Crippen molar-refractivity contribution in [3.63, 3.8) is 0 Å². The first-order valence-corrected chi connectivity index (χ1v) is 8.85. The number of hydrogen-bond acceptors (Lipinski definition) is 6. The van der Waals surface area contributed by atoms with E-state index in [1.165, 1.54) is 11.8 Å². The van der Waals surface area contributed by atoms with E-state index >= 15 is 0 Å². The quantitative estimate of drug-likeness (QED) is 0.483. The highest BCUT2D eigenvalue weighted by atomic mass is 32.2. The molecule has 7 nitrogen and oxygen atoms in total. The van der Waals surface area contributed by atoms with Gasteiger partial charge in [0.2, 0.25) is 11.7 Å². The molecule has 2 heterocycles. The molecular formula is C18H18N4O3S. The molecule has 26 heavy (non-hydrogen) atoms. The molecule has 0 unspecified atom stereocenters. The third-order valence-electron chi connectivity index (χ3n) is 3.48. The number of para-hydroxylation sites is 2. The molecule has 1 aromatic carbocycles. The molecule has 0 bridgehead atoms. The second-order valence-electron chi connectivity index (χ2n) is 5.22. The molecule has 0 saturated heterocycles. The molecule has 0 saturated carbocycles. The average Bonchev–Trinajstić information content (AvgIpc) is 3.30. The summed E-state index contributed by atoms with van der Waals surface area (Å²) in [5.41, 5.74) is 0.629. The number of methoxy groups -OCH3 is 1. The van der Waals surface area contributed by atoms with Crippen LogP contribution in [0.4, 0.5) is 5.69 Å². The fourth-order valence-electron chi connectivity index (χ4n) is 2.34. The maximum Gasteiger partial charge on any atom is 0.234 e. The smallest absolute Gasteiger partial charge is 0.234 e. The van der Waals surface area contributed by atoms with E-state index in [9.17, 15) is 4.79 Å². The first-order chi connectivity index (χ1) is 12.7. The van der Waals surface area contributed by atoms with Crippen LogP contribution < -0.4 is 10.1 Å². The van der Waals surface area contributed by atoms with Gasteiger partial charge < -0.3 is 14.5 Å². The zero-order chi connectivity index (χ0) is 18.4. The molecule has 0 aliphatic heterocycles. The Morgan fingerprint density at radius 1 is 1.35 bits per heavy atom. The summed E-state index contributed by atoms with van der Waals surface area (Å²) < 4.78 is 12.5. The maximum atomic E-state index is 12.3. The lowest BCUT2D eigenvalue weighted by Gasteiger charge is -2.10. The first-order valence-electron chi connectivity index (χ1n) is 7.86. The second kappa shape index (κ2) is 8.39. The molecule has 0 atom stereocenters. The molecule has 2 aromatic heterocycles. The van der Waals surface area contributed by atoms with Gasteiger partial charge in [-0.25, -0.2) is 0 Å². The Labute approximate surface area is 155 Å². The van der Waals surface area contributed by atoms with E-state index in [1.807, 2.05) is 22.8 Å². The molecule has 3 rings (SSSR count).